The summed E-state index contributed by atoms with van der Waals surface area (Å²) in [4.78, 5) is 13.5. The number of hydrogen-bond donors (Lipinski definition) is 1. The summed E-state index contributed by atoms with van der Waals surface area (Å²) in [7, 11) is 1.59. The predicted octanol–water partition coefficient (Wildman–Crippen LogP) is 1.30. The summed E-state index contributed by atoms with van der Waals surface area (Å²) in [5.41, 5.74) is 0. The topological polar surface area (TPSA) is 59.0 Å². The van der Waals surface area contributed by atoms with Gasteiger partial charge in [0.15, 0.2) is 6.61 Å². The minimum absolute atomic E-state index is 0.0372. The first-order valence-corrected chi connectivity index (χ1v) is 6.25. The van der Waals surface area contributed by atoms with Crippen LogP contribution in [-0.2, 0) is 4.79 Å². The fourth-order valence-electron chi connectivity index (χ4n) is 1.68. The highest BCUT2D eigenvalue weighted by Gasteiger charge is 2.16. The first kappa shape index (κ1) is 15.3. The van der Waals surface area contributed by atoms with E-state index in [1.54, 1.807) is 36.3 Å². The number of methoxy groups -OCH3 is 1. The van der Waals surface area contributed by atoms with Crippen molar-refractivity contribution in [1.82, 2.24) is 4.90 Å². The van der Waals surface area contributed by atoms with Crippen LogP contribution in [0.25, 0.3) is 0 Å². The molecule has 0 saturated carbocycles. The van der Waals surface area contributed by atoms with Gasteiger partial charge in [-0.1, -0.05) is 0 Å². The maximum absolute atomic E-state index is 11.9. The molecule has 106 valence electrons. The molecule has 0 aromatic heterocycles. The van der Waals surface area contributed by atoms with Gasteiger partial charge < -0.3 is 19.5 Å². The van der Waals surface area contributed by atoms with Crippen LogP contribution in [0.15, 0.2) is 24.3 Å². The molecule has 0 radical (unpaired) electrons. The average molecular weight is 267 g/mol. The quantitative estimate of drug-likeness (QED) is 0.809. The zero-order valence-corrected chi connectivity index (χ0v) is 11.6. The largest absolute Gasteiger partial charge is 0.497 e. The molecule has 1 aromatic rings. The van der Waals surface area contributed by atoms with E-state index in [2.05, 4.69) is 0 Å². The van der Waals surface area contributed by atoms with Crippen molar-refractivity contribution in [2.45, 2.75) is 19.9 Å². The fourth-order valence-corrected chi connectivity index (χ4v) is 1.68. The summed E-state index contributed by atoms with van der Waals surface area (Å²) < 4.78 is 10.5. The molecule has 5 nitrogen and oxygen atoms in total. The van der Waals surface area contributed by atoms with Gasteiger partial charge in [0.05, 0.1) is 13.7 Å². The third kappa shape index (κ3) is 4.79. The highest BCUT2D eigenvalue weighted by atomic mass is 16.5. The lowest BCUT2D eigenvalue weighted by atomic mass is 10.3. The van der Waals surface area contributed by atoms with Gasteiger partial charge in [-0.15, -0.1) is 0 Å². The maximum Gasteiger partial charge on any atom is 0.260 e. The predicted molar refractivity (Wildman–Crippen MR) is 72.4 cm³/mol. The first-order valence-electron chi connectivity index (χ1n) is 6.25. The normalized spacial score (nSPS) is 10.4. The SMILES string of the molecule is COc1ccc(OCC(=O)N(CCO)C(C)C)cc1. The molecule has 0 aliphatic carbocycles. The Labute approximate surface area is 113 Å². The van der Waals surface area contributed by atoms with Crippen molar-refractivity contribution in [2.75, 3.05) is 26.9 Å². The molecule has 1 aromatic carbocycles. The van der Waals surface area contributed by atoms with Gasteiger partial charge in [0.2, 0.25) is 0 Å². The molecular weight excluding hydrogens is 246 g/mol. The monoisotopic (exact) mass is 267 g/mol. The van der Waals surface area contributed by atoms with Crippen LogP contribution in [0, 0.1) is 0 Å². The molecule has 0 unspecified atom stereocenters. The molecule has 0 aliphatic rings. The molecule has 0 saturated heterocycles. The van der Waals surface area contributed by atoms with Crippen LogP contribution in [0.5, 0.6) is 11.5 Å². The van der Waals surface area contributed by atoms with Crippen molar-refractivity contribution >= 4 is 5.91 Å². The van der Waals surface area contributed by atoms with Gasteiger partial charge in [-0.3, -0.25) is 4.79 Å². The molecule has 0 aliphatic heterocycles. The lowest BCUT2D eigenvalue weighted by molar-refractivity contribution is -0.135. The van der Waals surface area contributed by atoms with Crippen molar-refractivity contribution in [3.63, 3.8) is 0 Å². The van der Waals surface area contributed by atoms with Crippen LogP contribution < -0.4 is 9.47 Å². The summed E-state index contributed by atoms with van der Waals surface area (Å²) in [6.45, 7) is 4.04. The molecule has 1 rings (SSSR count). The number of aliphatic hydroxyl groups is 1. The molecule has 1 amide bonds. The second kappa shape index (κ2) is 7.63. The molecule has 0 heterocycles. The lowest BCUT2D eigenvalue weighted by Crippen LogP contribution is -2.41. The second-order valence-corrected chi connectivity index (χ2v) is 4.37. The van der Waals surface area contributed by atoms with E-state index in [0.717, 1.165) is 5.75 Å². The Kier molecular flexibility index (Phi) is 6.15. The molecule has 5 heteroatoms. The van der Waals surface area contributed by atoms with Crippen LogP contribution in [0.2, 0.25) is 0 Å². The molecule has 0 fully saturated rings. The van der Waals surface area contributed by atoms with Crippen molar-refractivity contribution in [1.29, 1.82) is 0 Å². The van der Waals surface area contributed by atoms with Gasteiger partial charge >= 0.3 is 0 Å². The van der Waals surface area contributed by atoms with Crippen molar-refractivity contribution < 1.29 is 19.4 Å². The molecule has 0 atom stereocenters. The first-order chi connectivity index (χ1) is 9.08. The van der Waals surface area contributed by atoms with Crippen molar-refractivity contribution in [3.05, 3.63) is 24.3 Å². The van der Waals surface area contributed by atoms with E-state index in [1.807, 2.05) is 13.8 Å². The minimum Gasteiger partial charge on any atom is -0.497 e. The third-order valence-electron chi connectivity index (χ3n) is 2.71. The maximum atomic E-state index is 11.9. The van der Waals surface area contributed by atoms with Gasteiger partial charge in [-0.05, 0) is 38.1 Å². The summed E-state index contributed by atoms with van der Waals surface area (Å²) >= 11 is 0. The van der Waals surface area contributed by atoms with Crippen molar-refractivity contribution in [2.24, 2.45) is 0 Å². The number of ether oxygens (including phenoxy) is 2. The van der Waals surface area contributed by atoms with E-state index < -0.39 is 0 Å². The van der Waals surface area contributed by atoms with Crippen molar-refractivity contribution in [3.8, 4) is 11.5 Å². The number of aliphatic hydroxyl groups excluding tert-OH is 1. The zero-order chi connectivity index (χ0) is 14.3. The average Bonchev–Trinajstić information content (AvgIpc) is 2.42. The van der Waals surface area contributed by atoms with E-state index in [1.165, 1.54) is 0 Å². The van der Waals surface area contributed by atoms with E-state index >= 15 is 0 Å². The van der Waals surface area contributed by atoms with Crippen LogP contribution in [-0.4, -0.2) is 48.8 Å². The van der Waals surface area contributed by atoms with Crippen LogP contribution in [0.3, 0.4) is 0 Å². The number of nitrogens with zero attached hydrogens (tertiary/aromatic N) is 1. The summed E-state index contributed by atoms with van der Waals surface area (Å²) in [5.74, 6) is 1.21. The molecular formula is C14H21NO4. The Morgan fingerprint density at radius 3 is 2.32 bits per heavy atom. The van der Waals surface area contributed by atoms with Gasteiger partial charge in [0.25, 0.3) is 5.91 Å². The minimum atomic E-state index is -0.139. The number of hydrogen-bond acceptors (Lipinski definition) is 4. The molecule has 19 heavy (non-hydrogen) atoms. The van der Waals surface area contributed by atoms with Crippen LogP contribution in [0.4, 0.5) is 0 Å². The summed E-state index contributed by atoms with van der Waals surface area (Å²) in [6, 6.07) is 7.08. The number of carbonyl (C=O) groups is 1. The van der Waals surface area contributed by atoms with E-state index in [9.17, 15) is 4.79 Å². The Balaban J connectivity index is 2.52. The zero-order valence-electron chi connectivity index (χ0n) is 11.6. The Morgan fingerprint density at radius 2 is 1.84 bits per heavy atom. The number of benzene rings is 1. The summed E-state index contributed by atoms with van der Waals surface area (Å²) in [5, 5.41) is 8.93. The van der Waals surface area contributed by atoms with E-state index in [4.69, 9.17) is 14.6 Å². The Bertz CT molecular complexity index is 389. The Hall–Kier alpha value is -1.75. The fraction of sp³-hybridized carbons (Fsp3) is 0.500. The molecule has 0 spiro atoms. The third-order valence-corrected chi connectivity index (χ3v) is 2.71. The highest BCUT2D eigenvalue weighted by Crippen LogP contribution is 2.17. The van der Waals surface area contributed by atoms with Crippen LogP contribution in [0.1, 0.15) is 13.8 Å². The van der Waals surface area contributed by atoms with E-state index in [0.29, 0.717) is 12.3 Å². The number of amides is 1. The van der Waals surface area contributed by atoms with Gasteiger partial charge in [-0.2, -0.15) is 0 Å². The van der Waals surface area contributed by atoms with Crippen LogP contribution >= 0.6 is 0 Å². The lowest BCUT2D eigenvalue weighted by Gasteiger charge is -2.25. The smallest absolute Gasteiger partial charge is 0.260 e. The van der Waals surface area contributed by atoms with Gasteiger partial charge in [-0.25, -0.2) is 0 Å². The van der Waals surface area contributed by atoms with Gasteiger partial charge in [0.1, 0.15) is 11.5 Å². The number of rotatable bonds is 7. The summed E-state index contributed by atoms with van der Waals surface area (Å²) in [6.07, 6.45) is 0. The second-order valence-electron chi connectivity index (χ2n) is 4.37. The standard InChI is InChI=1S/C14H21NO4/c1-11(2)15(8-9-16)14(17)10-19-13-6-4-12(18-3)5-7-13/h4-7,11,16H,8-10H2,1-3H3. The Morgan fingerprint density at radius 1 is 1.26 bits per heavy atom. The molecule has 0 bridgehead atoms. The molecule has 1 N–H and O–H groups in total. The van der Waals surface area contributed by atoms with Gasteiger partial charge in [0, 0.05) is 12.6 Å². The van der Waals surface area contributed by atoms with E-state index in [-0.39, 0.29) is 25.2 Å². The highest BCUT2D eigenvalue weighted by molar-refractivity contribution is 5.78. The number of carbonyl (C=O) groups excluding carboxylic acids is 1.